The Kier molecular flexibility index (Phi) is 4.65. The van der Waals surface area contributed by atoms with Crippen LogP contribution < -0.4 is 15.4 Å². The molecule has 2 N–H and O–H groups in total. The molecule has 3 heterocycles. The van der Waals surface area contributed by atoms with Crippen LogP contribution in [0.5, 0.6) is 5.88 Å². The van der Waals surface area contributed by atoms with Crippen molar-refractivity contribution in [3.8, 4) is 5.88 Å². The van der Waals surface area contributed by atoms with Gasteiger partial charge >= 0.3 is 0 Å². The van der Waals surface area contributed by atoms with Gasteiger partial charge in [0.15, 0.2) is 0 Å². The Labute approximate surface area is 129 Å². The van der Waals surface area contributed by atoms with Crippen LogP contribution in [0.4, 0.5) is 17.3 Å². The summed E-state index contributed by atoms with van der Waals surface area (Å²) in [5, 5.41) is 6.46. The van der Waals surface area contributed by atoms with Gasteiger partial charge in [-0.2, -0.15) is 0 Å². The van der Waals surface area contributed by atoms with Crippen LogP contribution >= 0.6 is 0 Å². The summed E-state index contributed by atoms with van der Waals surface area (Å²) >= 11 is 0. The van der Waals surface area contributed by atoms with Gasteiger partial charge in [-0.15, -0.1) is 0 Å². The van der Waals surface area contributed by atoms with Crippen LogP contribution in [0, 0.1) is 0 Å². The molecule has 116 valence electrons. The summed E-state index contributed by atoms with van der Waals surface area (Å²) in [6.45, 7) is 1.62. The minimum Gasteiger partial charge on any atom is -0.481 e. The molecule has 3 rings (SSSR count). The third-order valence-corrected chi connectivity index (χ3v) is 3.42. The Morgan fingerprint density at radius 3 is 2.91 bits per heavy atom. The topological polar surface area (TPSA) is 81.2 Å². The number of hydrogen-bond acceptors (Lipinski definition) is 7. The first-order valence-electron chi connectivity index (χ1n) is 7.28. The van der Waals surface area contributed by atoms with Gasteiger partial charge in [0, 0.05) is 25.3 Å². The molecule has 1 fully saturated rings. The molecule has 0 aliphatic carbocycles. The molecule has 1 saturated heterocycles. The van der Waals surface area contributed by atoms with E-state index in [-0.39, 0.29) is 6.10 Å². The lowest BCUT2D eigenvalue weighted by Gasteiger charge is -2.12. The molecular formula is C15H19N5O2. The summed E-state index contributed by atoms with van der Waals surface area (Å²) in [7, 11) is 1.59. The van der Waals surface area contributed by atoms with Crippen molar-refractivity contribution in [1.29, 1.82) is 0 Å². The average Bonchev–Trinajstić information content (AvgIpc) is 3.08. The monoisotopic (exact) mass is 301 g/mol. The van der Waals surface area contributed by atoms with Crippen LogP contribution in [0.25, 0.3) is 0 Å². The normalized spacial score (nSPS) is 17.2. The van der Waals surface area contributed by atoms with Crippen molar-refractivity contribution >= 4 is 17.3 Å². The Morgan fingerprint density at radius 2 is 2.18 bits per heavy atom. The van der Waals surface area contributed by atoms with E-state index in [1.807, 2.05) is 12.1 Å². The molecule has 0 saturated carbocycles. The summed E-state index contributed by atoms with van der Waals surface area (Å²) in [5.41, 5.74) is 0.838. The van der Waals surface area contributed by atoms with Gasteiger partial charge in [0.05, 0.1) is 25.1 Å². The van der Waals surface area contributed by atoms with Crippen molar-refractivity contribution in [3.63, 3.8) is 0 Å². The Balaban J connectivity index is 1.59. The quantitative estimate of drug-likeness (QED) is 0.846. The lowest BCUT2D eigenvalue weighted by Crippen LogP contribution is -2.19. The minimum atomic E-state index is 0.275. The highest BCUT2D eigenvalue weighted by Gasteiger charge is 2.15. The summed E-state index contributed by atoms with van der Waals surface area (Å²) in [6.07, 6.45) is 5.73. The second kappa shape index (κ2) is 7.04. The molecule has 7 nitrogen and oxygen atoms in total. The zero-order chi connectivity index (χ0) is 15.2. The number of hydrogen-bond donors (Lipinski definition) is 2. The molecule has 1 atom stereocenters. The largest absolute Gasteiger partial charge is 0.481 e. The predicted octanol–water partition coefficient (Wildman–Crippen LogP) is 2.21. The number of anilines is 3. The molecule has 2 aromatic rings. The molecule has 0 radical (unpaired) electrons. The highest BCUT2D eigenvalue weighted by molar-refractivity contribution is 5.58. The summed E-state index contributed by atoms with van der Waals surface area (Å²) in [5.74, 6) is 2.05. The average molecular weight is 301 g/mol. The standard InChI is InChI=1S/C15H19N5O2/c1-21-15-5-4-11(8-17-15)20-14-7-13(18-10-19-14)16-9-12-3-2-6-22-12/h4-5,7-8,10,12H,2-3,6,9H2,1H3,(H2,16,18,19,20). The van der Waals surface area contributed by atoms with Crippen molar-refractivity contribution in [2.24, 2.45) is 0 Å². The predicted molar refractivity (Wildman–Crippen MR) is 83.6 cm³/mol. The van der Waals surface area contributed by atoms with Crippen LogP contribution in [0.3, 0.4) is 0 Å². The first-order valence-corrected chi connectivity index (χ1v) is 7.28. The fourth-order valence-corrected chi connectivity index (χ4v) is 2.27. The second-order valence-electron chi connectivity index (χ2n) is 5.02. The van der Waals surface area contributed by atoms with Gasteiger partial charge in [0.25, 0.3) is 0 Å². The number of rotatable bonds is 6. The SMILES string of the molecule is COc1ccc(Nc2cc(NCC3CCCO3)ncn2)cn1. The Morgan fingerprint density at radius 1 is 1.27 bits per heavy atom. The number of aromatic nitrogens is 3. The van der Waals surface area contributed by atoms with Gasteiger partial charge in [-0.05, 0) is 18.9 Å². The van der Waals surface area contributed by atoms with Crippen molar-refractivity contribution in [2.75, 3.05) is 30.9 Å². The number of nitrogens with zero attached hydrogens (tertiary/aromatic N) is 3. The molecule has 0 bridgehead atoms. The molecule has 1 unspecified atom stereocenters. The second-order valence-corrected chi connectivity index (χ2v) is 5.02. The van der Waals surface area contributed by atoms with Gasteiger partial charge in [-0.1, -0.05) is 0 Å². The van der Waals surface area contributed by atoms with E-state index in [1.54, 1.807) is 19.4 Å². The lowest BCUT2D eigenvalue weighted by atomic mass is 10.2. The molecule has 0 aromatic carbocycles. The third-order valence-electron chi connectivity index (χ3n) is 3.42. The van der Waals surface area contributed by atoms with Gasteiger partial charge in [0.2, 0.25) is 5.88 Å². The van der Waals surface area contributed by atoms with Crippen LogP contribution in [-0.2, 0) is 4.74 Å². The van der Waals surface area contributed by atoms with Crippen molar-refractivity contribution in [2.45, 2.75) is 18.9 Å². The zero-order valence-corrected chi connectivity index (χ0v) is 12.5. The van der Waals surface area contributed by atoms with Gasteiger partial charge < -0.3 is 20.1 Å². The molecular weight excluding hydrogens is 282 g/mol. The summed E-state index contributed by atoms with van der Waals surface area (Å²) in [4.78, 5) is 12.6. The first kappa shape index (κ1) is 14.5. The van der Waals surface area contributed by atoms with Crippen LogP contribution in [-0.4, -0.2) is 41.3 Å². The maximum Gasteiger partial charge on any atom is 0.213 e. The van der Waals surface area contributed by atoms with E-state index >= 15 is 0 Å². The highest BCUT2D eigenvalue weighted by atomic mass is 16.5. The minimum absolute atomic E-state index is 0.275. The molecule has 2 aromatic heterocycles. The maximum absolute atomic E-state index is 5.58. The van der Waals surface area contributed by atoms with Gasteiger partial charge in [-0.25, -0.2) is 15.0 Å². The van der Waals surface area contributed by atoms with Gasteiger partial charge in [0.1, 0.15) is 18.0 Å². The van der Waals surface area contributed by atoms with E-state index in [9.17, 15) is 0 Å². The van der Waals surface area contributed by atoms with E-state index in [0.29, 0.717) is 11.7 Å². The number of nitrogens with one attached hydrogen (secondary N) is 2. The van der Waals surface area contributed by atoms with Crippen molar-refractivity contribution in [3.05, 3.63) is 30.7 Å². The van der Waals surface area contributed by atoms with Crippen molar-refractivity contribution in [1.82, 2.24) is 15.0 Å². The lowest BCUT2D eigenvalue weighted by molar-refractivity contribution is 0.120. The highest BCUT2D eigenvalue weighted by Crippen LogP contribution is 2.18. The van der Waals surface area contributed by atoms with E-state index in [0.717, 1.165) is 37.5 Å². The molecule has 22 heavy (non-hydrogen) atoms. The number of methoxy groups -OCH3 is 1. The van der Waals surface area contributed by atoms with Gasteiger partial charge in [-0.3, -0.25) is 0 Å². The van der Waals surface area contributed by atoms with Crippen LogP contribution in [0.15, 0.2) is 30.7 Å². The van der Waals surface area contributed by atoms with E-state index < -0.39 is 0 Å². The molecule has 0 spiro atoms. The molecule has 1 aliphatic heterocycles. The number of pyridine rings is 1. The van der Waals surface area contributed by atoms with Crippen LogP contribution in [0.1, 0.15) is 12.8 Å². The molecule has 7 heteroatoms. The Bertz CT molecular complexity index is 599. The fraction of sp³-hybridized carbons (Fsp3) is 0.400. The van der Waals surface area contributed by atoms with E-state index in [2.05, 4.69) is 25.6 Å². The molecule has 1 aliphatic rings. The maximum atomic E-state index is 5.58. The fourth-order valence-electron chi connectivity index (χ4n) is 2.27. The Hall–Kier alpha value is -2.41. The smallest absolute Gasteiger partial charge is 0.213 e. The first-order chi connectivity index (χ1) is 10.8. The van der Waals surface area contributed by atoms with Crippen molar-refractivity contribution < 1.29 is 9.47 Å². The zero-order valence-electron chi connectivity index (χ0n) is 12.5. The molecule has 0 amide bonds. The third kappa shape index (κ3) is 3.82. The summed E-state index contributed by atoms with van der Waals surface area (Å²) < 4.78 is 10.6. The van der Waals surface area contributed by atoms with Crippen LogP contribution in [0.2, 0.25) is 0 Å². The summed E-state index contributed by atoms with van der Waals surface area (Å²) in [6, 6.07) is 5.53. The van der Waals surface area contributed by atoms with E-state index in [4.69, 9.17) is 9.47 Å². The van der Waals surface area contributed by atoms with E-state index in [1.165, 1.54) is 6.33 Å². The number of ether oxygens (including phenoxy) is 2.